The van der Waals surface area contributed by atoms with E-state index < -0.39 is 5.97 Å². The van der Waals surface area contributed by atoms with Gasteiger partial charge in [0, 0.05) is 19.4 Å². The zero-order chi connectivity index (χ0) is 14.5. The zero-order valence-corrected chi connectivity index (χ0v) is 11.8. The molecule has 0 saturated carbocycles. The Labute approximate surface area is 115 Å². The molecule has 0 aliphatic carbocycles. The molecule has 1 N–H and O–H groups in total. The average Bonchev–Trinajstić information content (AvgIpc) is 2.38. The topological polar surface area (TPSA) is 74.7 Å². The Morgan fingerprint density at radius 2 is 1.74 bits per heavy atom. The number of hydrogen-bond acceptors (Lipinski definition) is 3. The highest BCUT2D eigenvalue weighted by atomic mass is 16.4. The van der Waals surface area contributed by atoms with E-state index in [0.717, 1.165) is 19.3 Å². The standard InChI is InChI=1S/C14H25NO4/c1-2-3-4-5-6-7-10-15(12-14(18)19)13(17)9-8-11-16/h11H,2-10,12H2,1H3,(H,18,19). The minimum absolute atomic E-state index is 0.104. The van der Waals surface area contributed by atoms with Crippen molar-refractivity contribution in [3.05, 3.63) is 0 Å². The van der Waals surface area contributed by atoms with Gasteiger partial charge >= 0.3 is 5.97 Å². The van der Waals surface area contributed by atoms with Crippen molar-refractivity contribution in [1.82, 2.24) is 4.90 Å². The fraction of sp³-hybridized carbons (Fsp3) is 0.786. The largest absolute Gasteiger partial charge is 0.480 e. The molecule has 0 aromatic rings. The molecule has 0 aliphatic heterocycles. The predicted molar refractivity (Wildman–Crippen MR) is 72.9 cm³/mol. The number of carboxylic acids is 1. The molecule has 110 valence electrons. The molecule has 1 amide bonds. The molecule has 0 rings (SSSR count). The summed E-state index contributed by atoms with van der Waals surface area (Å²) in [6, 6.07) is 0. The van der Waals surface area contributed by atoms with Crippen LogP contribution in [0.15, 0.2) is 0 Å². The highest BCUT2D eigenvalue weighted by molar-refractivity contribution is 5.82. The quantitative estimate of drug-likeness (QED) is 0.436. The van der Waals surface area contributed by atoms with Crippen molar-refractivity contribution in [2.45, 2.75) is 58.3 Å². The predicted octanol–water partition coefficient (Wildman–Crippen LogP) is 2.24. The number of carboxylic acid groups (broad SMARTS) is 1. The summed E-state index contributed by atoms with van der Waals surface area (Å²) < 4.78 is 0. The lowest BCUT2D eigenvalue weighted by atomic mass is 10.1. The molecule has 0 heterocycles. The van der Waals surface area contributed by atoms with E-state index in [0.29, 0.717) is 12.8 Å². The Balaban J connectivity index is 3.95. The molecule has 0 aliphatic rings. The zero-order valence-electron chi connectivity index (χ0n) is 11.8. The van der Waals surface area contributed by atoms with E-state index in [4.69, 9.17) is 5.11 Å². The highest BCUT2D eigenvalue weighted by Gasteiger charge is 2.15. The van der Waals surface area contributed by atoms with Crippen LogP contribution in [-0.4, -0.2) is 41.3 Å². The van der Waals surface area contributed by atoms with E-state index in [1.165, 1.54) is 24.2 Å². The first-order valence-corrected chi connectivity index (χ1v) is 7.05. The highest BCUT2D eigenvalue weighted by Crippen LogP contribution is 2.07. The van der Waals surface area contributed by atoms with Crippen molar-refractivity contribution in [1.29, 1.82) is 0 Å². The van der Waals surface area contributed by atoms with Crippen LogP contribution in [0.25, 0.3) is 0 Å². The van der Waals surface area contributed by atoms with Gasteiger partial charge < -0.3 is 14.8 Å². The number of hydrogen-bond donors (Lipinski definition) is 1. The van der Waals surface area contributed by atoms with Gasteiger partial charge in [-0.15, -0.1) is 0 Å². The van der Waals surface area contributed by atoms with E-state index in [2.05, 4.69) is 6.92 Å². The van der Waals surface area contributed by atoms with Crippen LogP contribution in [0.3, 0.4) is 0 Å². The number of nitrogens with zero attached hydrogens (tertiary/aromatic N) is 1. The van der Waals surface area contributed by atoms with Gasteiger partial charge in [0.25, 0.3) is 0 Å². The van der Waals surface area contributed by atoms with Crippen LogP contribution in [-0.2, 0) is 14.4 Å². The van der Waals surface area contributed by atoms with Gasteiger partial charge in [0.15, 0.2) is 0 Å². The van der Waals surface area contributed by atoms with Crippen LogP contribution in [0.1, 0.15) is 58.3 Å². The molecule has 5 nitrogen and oxygen atoms in total. The maximum absolute atomic E-state index is 11.7. The third-order valence-corrected chi connectivity index (χ3v) is 2.94. The summed E-state index contributed by atoms with van der Waals surface area (Å²) in [4.78, 5) is 34.0. The fourth-order valence-electron chi connectivity index (χ4n) is 1.88. The minimum atomic E-state index is -1.01. The van der Waals surface area contributed by atoms with Crippen molar-refractivity contribution in [2.75, 3.05) is 13.1 Å². The average molecular weight is 271 g/mol. The molecule has 0 fully saturated rings. The molecule has 19 heavy (non-hydrogen) atoms. The molecule has 0 radical (unpaired) electrons. The number of unbranched alkanes of at least 4 members (excludes halogenated alkanes) is 5. The fourth-order valence-corrected chi connectivity index (χ4v) is 1.88. The van der Waals surface area contributed by atoms with Gasteiger partial charge in [-0.05, 0) is 6.42 Å². The van der Waals surface area contributed by atoms with Gasteiger partial charge in [-0.2, -0.15) is 0 Å². The Morgan fingerprint density at radius 3 is 2.32 bits per heavy atom. The first-order chi connectivity index (χ1) is 9.11. The summed E-state index contributed by atoms with van der Waals surface area (Å²) in [6.45, 7) is 2.35. The van der Waals surface area contributed by atoms with Crippen molar-refractivity contribution < 1.29 is 19.5 Å². The monoisotopic (exact) mass is 271 g/mol. The van der Waals surface area contributed by atoms with E-state index in [-0.39, 0.29) is 25.3 Å². The number of carbonyl (C=O) groups excluding carboxylic acids is 2. The maximum atomic E-state index is 11.7. The van der Waals surface area contributed by atoms with E-state index in [9.17, 15) is 14.4 Å². The summed E-state index contributed by atoms with van der Waals surface area (Å²) >= 11 is 0. The lowest BCUT2D eigenvalue weighted by Gasteiger charge is -2.20. The third kappa shape index (κ3) is 10.2. The molecule has 0 atom stereocenters. The second-order valence-electron chi connectivity index (χ2n) is 4.68. The third-order valence-electron chi connectivity index (χ3n) is 2.94. The van der Waals surface area contributed by atoms with Gasteiger partial charge in [0.1, 0.15) is 12.8 Å². The van der Waals surface area contributed by atoms with Gasteiger partial charge in [-0.25, -0.2) is 0 Å². The molecule has 0 unspecified atom stereocenters. The van der Waals surface area contributed by atoms with Gasteiger partial charge in [-0.3, -0.25) is 9.59 Å². The van der Waals surface area contributed by atoms with Crippen molar-refractivity contribution in [2.24, 2.45) is 0 Å². The summed E-state index contributed by atoms with van der Waals surface area (Å²) in [5, 5.41) is 8.77. The van der Waals surface area contributed by atoms with E-state index in [1.807, 2.05) is 0 Å². The van der Waals surface area contributed by atoms with Crippen molar-refractivity contribution >= 4 is 18.2 Å². The Bertz CT molecular complexity index is 279. The lowest BCUT2D eigenvalue weighted by Crippen LogP contribution is -2.36. The van der Waals surface area contributed by atoms with Crippen LogP contribution in [0.4, 0.5) is 0 Å². The van der Waals surface area contributed by atoms with Crippen LogP contribution >= 0.6 is 0 Å². The SMILES string of the molecule is CCCCCCCCN(CC(=O)O)C(=O)CCC=O. The molecule has 5 heteroatoms. The normalized spacial score (nSPS) is 10.2. The smallest absolute Gasteiger partial charge is 0.323 e. The Morgan fingerprint density at radius 1 is 1.11 bits per heavy atom. The second kappa shape index (κ2) is 11.7. The van der Waals surface area contributed by atoms with Gasteiger partial charge in [-0.1, -0.05) is 39.0 Å². The van der Waals surface area contributed by atoms with E-state index in [1.54, 1.807) is 0 Å². The number of amides is 1. The summed E-state index contributed by atoms with van der Waals surface area (Å²) in [7, 11) is 0. The minimum Gasteiger partial charge on any atom is -0.480 e. The van der Waals surface area contributed by atoms with Crippen LogP contribution in [0.5, 0.6) is 0 Å². The molecule has 0 saturated heterocycles. The lowest BCUT2D eigenvalue weighted by molar-refractivity contribution is -0.144. The molecule has 0 bridgehead atoms. The second-order valence-corrected chi connectivity index (χ2v) is 4.68. The number of aliphatic carboxylic acids is 1. The van der Waals surface area contributed by atoms with Crippen molar-refractivity contribution in [3.8, 4) is 0 Å². The van der Waals surface area contributed by atoms with Gasteiger partial charge in [0.2, 0.25) is 5.91 Å². The molecule has 0 aromatic carbocycles. The first-order valence-electron chi connectivity index (χ1n) is 7.05. The summed E-state index contributed by atoms with van der Waals surface area (Å²) in [6.07, 6.45) is 7.50. The maximum Gasteiger partial charge on any atom is 0.323 e. The van der Waals surface area contributed by atoms with Crippen molar-refractivity contribution in [3.63, 3.8) is 0 Å². The first kappa shape index (κ1) is 17.6. The number of aldehydes is 1. The molecular weight excluding hydrogens is 246 g/mol. The summed E-state index contributed by atoms with van der Waals surface area (Å²) in [5.41, 5.74) is 0. The van der Waals surface area contributed by atoms with Crippen LogP contribution in [0, 0.1) is 0 Å². The van der Waals surface area contributed by atoms with E-state index >= 15 is 0 Å². The Hall–Kier alpha value is -1.39. The number of carbonyl (C=O) groups is 3. The van der Waals surface area contributed by atoms with Gasteiger partial charge in [0.05, 0.1) is 0 Å². The Kier molecular flexibility index (Phi) is 10.8. The number of rotatable bonds is 12. The molecule has 0 spiro atoms. The van der Waals surface area contributed by atoms with Crippen LogP contribution in [0.2, 0.25) is 0 Å². The molecular formula is C14H25NO4. The summed E-state index contributed by atoms with van der Waals surface area (Å²) in [5.74, 6) is -1.26. The molecule has 0 aromatic heterocycles. The van der Waals surface area contributed by atoms with Crippen LogP contribution < -0.4 is 0 Å².